The minimum Gasteiger partial charge on any atom is -0.494 e. The molecule has 2 aromatic heterocycles. The summed E-state index contributed by atoms with van der Waals surface area (Å²) in [5, 5.41) is 17.1. The van der Waals surface area contributed by atoms with E-state index in [1.807, 2.05) is 0 Å². The minimum absolute atomic E-state index is 0.0248. The topological polar surface area (TPSA) is 105 Å². The number of aromatic nitrogens is 3. The Morgan fingerprint density at radius 3 is 2.51 bits per heavy atom. The third-order valence-electron chi connectivity index (χ3n) is 8.09. The molecule has 1 N–H and O–H groups in total. The zero-order valence-corrected chi connectivity index (χ0v) is 22.9. The number of ether oxygens (including phenoxy) is 2. The molecular formula is C29H31F3N6O3. The molecule has 0 atom stereocenters. The quantitative estimate of drug-likeness (QED) is 0.451. The van der Waals surface area contributed by atoms with Crippen molar-refractivity contribution >= 4 is 11.6 Å². The number of pyridine rings is 1. The molecule has 2 fully saturated rings. The Morgan fingerprint density at radius 1 is 1.17 bits per heavy atom. The summed E-state index contributed by atoms with van der Waals surface area (Å²) in [5.74, 6) is -0.474. The Bertz CT molecular complexity index is 1430. The number of nitrogens with one attached hydrogen (secondary N) is 1. The van der Waals surface area contributed by atoms with Gasteiger partial charge in [-0.1, -0.05) is 0 Å². The van der Waals surface area contributed by atoms with Crippen molar-refractivity contribution in [3.8, 4) is 17.5 Å². The largest absolute Gasteiger partial charge is 0.494 e. The summed E-state index contributed by atoms with van der Waals surface area (Å²) in [6, 6.07) is 9.57. The second-order valence-corrected chi connectivity index (χ2v) is 10.4. The fourth-order valence-electron chi connectivity index (χ4n) is 5.68. The number of hydrogen-bond acceptors (Lipinski definition) is 7. The van der Waals surface area contributed by atoms with E-state index >= 15 is 0 Å². The number of benzene rings is 1. The number of amides is 1. The number of nitriles is 1. The first kappa shape index (κ1) is 28.6. The number of methoxy groups -OCH3 is 1. The molecule has 3 aromatic rings. The van der Waals surface area contributed by atoms with Crippen molar-refractivity contribution in [3.63, 3.8) is 0 Å². The van der Waals surface area contributed by atoms with E-state index in [9.17, 15) is 23.2 Å². The summed E-state index contributed by atoms with van der Waals surface area (Å²) >= 11 is 0. The summed E-state index contributed by atoms with van der Waals surface area (Å²) in [4.78, 5) is 20.1. The predicted octanol–water partition coefficient (Wildman–Crippen LogP) is 4.89. The molecule has 1 aliphatic heterocycles. The van der Waals surface area contributed by atoms with Gasteiger partial charge < -0.3 is 14.8 Å². The van der Waals surface area contributed by atoms with E-state index in [0.717, 1.165) is 64.1 Å². The SMILES string of the molecule is COc1cc(C(F)(F)F)ccc1-n1ncc(C(=O)Nc2ccc(C3(C#N)CCC(N4CCOCC4)CC3)nc2)c1C. The monoisotopic (exact) mass is 568 g/mol. The highest BCUT2D eigenvalue weighted by Crippen LogP contribution is 2.40. The van der Waals surface area contributed by atoms with Crippen LogP contribution in [-0.2, 0) is 16.3 Å². The van der Waals surface area contributed by atoms with Gasteiger partial charge in [0.05, 0.1) is 72.4 Å². The number of rotatable bonds is 6. The van der Waals surface area contributed by atoms with E-state index in [1.165, 1.54) is 24.1 Å². The van der Waals surface area contributed by atoms with Crippen LogP contribution in [0.3, 0.4) is 0 Å². The van der Waals surface area contributed by atoms with Gasteiger partial charge in [0.15, 0.2) is 0 Å². The Kier molecular flexibility index (Phi) is 8.02. The molecule has 1 saturated carbocycles. The van der Waals surface area contributed by atoms with Crippen LogP contribution in [0.15, 0.2) is 42.7 Å². The normalized spacial score (nSPS) is 21.7. The standard InChI is InChI=1S/C29H31F3N6O3/c1-19-23(17-35-38(19)24-5-3-20(29(30,31)32)15-25(24)40-2)27(39)36-21-4-6-26(34-16-21)28(18-33)9-7-22(8-10-28)37-11-13-41-14-12-37/h3-6,15-17,22H,7-14H2,1-2H3,(H,36,39). The molecule has 0 radical (unpaired) electrons. The van der Waals surface area contributed by atoms with Gasteiger partial charge in [-0.15, -0.1) is 0 Å². The molecule has 5 rings (SSSR count). The van der Waals surface area contributed by atoms with Crippen molar-refractivity contribution in [3.05, 3.63) is 65.2 Å². The summed E-state index contributed by atoms with van der Waals surface area (Å²) in [5.41, 5.74) is 0.568. The van der Waals surface area contributed by atoms with Gasteiger partial charge in [-0.2, -0.15) is 23.5 Å². The van der Waals surface area contributed by atoms with E-state index in [4.69, 9.17) is 9.47 Å². The predicted molar refractivity (Wildman–Crippen MR) is 144 cm³/mol. The van der Waals surface area contributed by atoms with Crippen LogP contribution in [0.4, 0.5) is 18.9 Å². The molecule has 0 unspecified atom stereocenters. The first-order valence-electron chi connectivity index (χ1n) is 13.5. The average molecular weight is 569 g/mol. The smallest absolute Gasteiger partial charge is 0.416 e. The summed E-state index contributed by atoms with van der Waals surface area (Å²) in [6.45, 7) is 4.99. The lowest BCUT2D eigenvalue weighted by Gasteiger charge is -2.41. The van der Waals surface area contributed by atoms with E-state index in [0.29, 0.717) is 23.1 Å². The van der Waals surface area contributed by atoms with E-state index < -0.39 is 23.1 Å². The van der Waals surface area contributed by atoms with Crippen molar-refractivity contribution in [2.24, 2.45) is 0 Å². The summed E-state index contributed by atoms with van der Waals surface area (Å²) in [6.07, 6.45) is 1.64. The van der Waals surface area contributed by atoms with Crippen molar-refractivity contribution < 1.29 is 27.4 Å². The highest BCUT2D eigenvalue weighted by molar-refractivity contribution is 6.04. The van der Waals surface area contributed by atoms with Gasteiger partial charge in [0.25, 0.3) is 5.91 Å². The lowest BCUT2D eigenvalue weighted by atomic mass is 9.71. The highest BCUT2D eigenvalue weighted by atomic mass is 19.4. The summed E-state index contributed by atoms with van der Waals surface area (Å²) < 4.78 is 51.4. The number of alkyl halides is 3. The maximum Gasteiger partial charge on any atom is 0.416 e. The first-order chi connectivity index (χ1) is 19.6. The van der Waals surface area contributed by atoms with E-state index in [1.54, 1.807) is 25.3 Å². The van der Waals surface area contributed by atoms with Gasteiger partial charge in [-0.05, 0) is 62.9 Å². The molecule has 41 heavy (non-hydrogen) atoms. The van der Waals surface area contributed by atoms with Gasteiger partial charge >= 0.3 is 6.18 Å². The number of halogens is 3. The van der Waals surface area contributed by atoms with Crippen LogP contribution in [0.1, 0.15) is 53.0 Å². The molecule has 1 amide bonds. The number of carbonyl (C=O) groups excluding carboxylic acids is 1. The maximum absolute atomic E-state index is 13.1. The molecule has 1 saturated heterocycles. The van der Waals surface area contributed by atoms with Crippen LogP contribution in [0.2, 0.25) is 0 Å². The van der Waals surface area contributed by atoms with Gasteiger partial charge in [0, 0.05) is 19.1 Å². The second-order valence-electron chi connectivity index (χ2n) is 10.4. The zero-order valence-electron chi connectivity index (χ0n) is 22.9. The fraction of sp³-hybridized carbons (Fsp3) is 0.448. The number of hydrogen-bond donors (Lipinski definition) is 1. The molecule has 3 heterocycles. The van der Waals surface area contributed by atoms with Crippen molar-refractivity contribution in [2.75, 3.05) is 38.7 Å². The van der Waals surface area contributed by atoms with Crippen LogP contribution < -0.4 is 10.1 Å². The molecule has 0 bridgehead atoms. The van der Waals surface area contributed by atoms with Crippen LogP contribution in [-0.4, -0.2) is 65.0 Å². The average Bonchev–Trinajstić information content (AvgIpc) is 3.38. The highest BCUT2D eigenvalue weighted by Gasteiger charge is 2.40. The van der Waals surface area contributed by atoms with Gasteiger partial charge in [-0.25, -0.2) is 4.68 Å². The molecule has 1 aromatic carbocycles. The van der Waals surface area contributed by atoms with Crippen molar-refractivity contribution in [1.82, 2.24) is 19.7 Å². The molecule has 9 nitrogen and oxygen atoms in total. The minimum atomic E-state index is -4.52. The van der Waals surface area contributed by atoms with Crippen molar-refractivity contribution in [2.45, 2.75) is 50.2 Å². The molecule has 0 spiro atoms. The van der Waals surface area contributed by atoms with Crippen LogP contribution in [0.25, 0.3) is 5.69 Å². The number of nitrogens with zero attached hydrogens (tertiary/aromatic N) is 5. The molecule has 2 aliphatic rings. The molecule has 12 heteroatoms. The van der Waals surface area contributed by atoms with E-state index in [-0.39, 0.29) is 17.0 Å². The number of anilines is 1. The lowest BCUT2D eigenvalue weighted by Crippen LogP contribution is -2.47. The first-order valence-corrected chi connectivity index (χ1v) is 13.5. The van der Waals surface area contributed by atoms with Gasteiger partial charge in [0.1, 0.15) is 11.4 Å². The molecule has 1 aliphatic carbocycles. The Morgan fingerprint density at radius 2 is 1.90 bits per heavy atom. The van der Waals surface area contributed by atoms with Crippen molar-refractivity contribution in [1.29, 1.82) is 5.26 Å². The lowest BCUT2D eigenvalue weighted by molar-refractivity contribution is -0.137. The fourth-order valence-corrected chi connectivity index (χ4v) is 5.68. The van der Waals surface area contributed by atoms with Crippen LogP contribution >= 0.6 is 0 Å². The maximum atomic E-state index is 13.1. The van der Waals surface area contributed by atoms with Crippen LogP contribution in [0.5, 0.6) is 5.75 Å². The number of morpholine rings is 1. The Hall–Kier alpha value is -3.95. The Labute approximate surface area is 235 Å². The summed E-state index contributed by atoms with van der Waals surface area (Å²) in [7, 11) is 1.27. The number of carbonyl (C=O) groups is 1. The molecule has 216 valence electrons. The van der Waals surface area contributed by atoms with E-state index in [2.05, 4.69) is 26.4 Å². The molecular weight excluding hydrogens is 537 g/mol. The van der Waals surface area contributed by atoms with Crippen LogP contribution in [0, 0.1) is 18.3 Å². The second kappa shape index (κ2) is 11.5. The third-order valence-corrected chi connectivity index (χ3v) is 8.09. The third kappa shape index (κ3) is 5.78. The zero-order chi connectivity index (χ0) is 29.2. The Balaban J connectivity index is 1.27. The van der Waals surface area contributed by atoms with Gasteiger partial charge in [0.2, 0.25) is 0 Å². The van der Waals surface area contributed by atoms with Gasteiger partial charge in [-0.3, -0.25) is 14.7 Å².